The van der Waals surface area contributed by atoms with Gasteiger partial charge in [0.05, 0.1) is 17.0 Å². The SMILES string of the molecule is CCc1cc2n(c1C(=O)c1ccccc1)CC=C2C(=O)O. The number of allylic oxidation sites excluding steroid dienone is 1. The number of hydrogen-bond donors (Lipinski definition) is 1. The van der Waals surface area contributed by atoms with Gasteiger partial charge in [-0.05, 0) is 24.1 Å². The fraction of sp³-hybridized carbons (Fsp3) is 0.176. The van der Waals surface area contributed by atoms with Crippen molar-refractivity contribution in [2.24, 2.45) is 0 Å². The molecule has 4 heteroatoms. The second-order valence-electron chi connectivity index (χ2n) is 4.99. The smallest absolute Gasteiger partial charge is 0.337 e. The average molecular weight is 281 g/mol. The van der Waals surface area contributed by atoms with Crippen LogP contribution in [0.4, 0.5) is 0 Å². The molecule has 2 aromatic rings. The van der Waals surface area contributed by atoms with Gasteiger partial charge in [-0.25, -0.2) is 4.79 Å². The van der Waals surface area contributed by atoms with E-state index in [0.717, 1.165) is 5.56 Å². The molecule has 0 fully saturated rings. The van der Waals surface area contributed by atoms with Crippen LogP contribution in [0, 0.1) is 0 Å². The number of hydrogen-bond acceptors (Lipinski definition) is 2. The Morgan fingerprint density at radius 2 is 1.95 bits per heavy atom. The van der Waals surface area contributed by atoms with Crippen LogP contribution in [-0.2, 0) is 17.8 Å². The Morgan fingerprint density at radius 3 is 2.57 bits per heavy atom. The minimum atomic E-state index is -0.951. The fourth-order valence-electron chi connectivity index (χ4n) is 2.77. The first-order valence-electron chi connectivity index (χ1n) is 6.89. The Bertz CT molecular complexity index is 754. The number of carboxylic acids is 1. The van der Waals surface area contributed by atoms with Gasteiger partial charge in [-0.1, -0.05) is 37.3 Å². The molecule has 1 aliphatic rings. The Kier molecular flexibility index (Phi) is 3.22. The molecule has 2 heterocycles. The molecule has 0 aliphatic carbocycles. The summed E-state index contributed by atoms with van der Waals surface area (Å²) in [5.41, 5.74) is 3.02. The summed E-state index contributed by atoms with van der Waals surface area (Å²) < 4.78 is 1.80. The first-order valence-corrected chi connectivity index (χ1v) is 6.89. The highest BCUT2D eigenvalue weighted by molar-refractivity contribution is 6.17. The lowest BCUT2D eigenvalue weighted by Crippen LogP contribution is -2.11. The Labute approximate surface area is 122 Å². The maximum Gasteiger partial charge on any atom is 0.337 e. The molecule has 4 nitrogen and oxygen atoms in total. The molecule has 0 spiro atoms. The van der Waals surface area contributed by atoms with Crippen molar-refractivity contribution in [1.29, 1.82) is 0 Å². The molecule has 3 rings (SSSR count). The normalized spacial score (nSPS) is 12.9. The van der Waals surface area contributed by atoms with E-state index in [-0.39, 0.29) is 11.4 Å². The van der Waals surface area contributed by atoms with Gasteiger partial charge in [0, 0.05) is 12.1 Å². The lowest BCUT2D eigenvalue weighted by atomic mass is 10.0. The summed E-state index contributed by atoms with van der Waals surface area (Å²) in [7, 11) is 0. The van der Waals surface area contributed by atoms with E-state index in [9.17, 15) is 14.7 Å². The maximum absolute atomic E-state index is 12.7. The number of carbonyl (C=O) groups excluding carboxylic acids is 1. The van der Waals surface area contributed by atoms with Crippen molar-refractivity contribution in [2.75, 3.05) is 0 Å². The summed E-state index contributed by atoms with van der Waals surface area (Å²) in [5.74, 6) is -1.01. The van der Waals surface area contributed by atoms with Gasteiger partial charge in [0.1, 0.15) is 0 Å². The topological polar surface area (TPSA) is 59.3 Å². The molecule has 1 N–H and O–H groups in total. The number of carbonyl (C=O) groups is 2. The summed E-state index contributed by atoms with van der Waals surface area (Å²) in [6.07, 6.45) is 2.35. The minimum Gasteiger partial charge on any atom is -0.478 e. The van der Waals surface area contributed by atoms with Crippen molar-refractivity contribution in [1.82, 2.24) is 4.57 Å². The number of aromatic nitrogens is 1. The van der Waals surface area contributed by atoms with Crippen LogP contribution in [0.25, 0.3) is 5.57 Å². The van der Waals surface area contributed by atoms with Gasteiger partial charge in [-0.2, -0.15) is 0 Å². The van der Waals surface area contributed by atoms with Gasteiger partial charge < -0.3 is 9.67 Å². The summed E-state index contributed by atoms with van der Waals surface area (Å²) in [6.45, 7) is 2.40. The third-order valence-corrected chi connectivity index (χ3v) is 3.79. The number of aryl methyl sites for hydroxylation is 1. The van der Waals surface area contributed by atoms with Crippen LogP contribution < -0.4 is 0 Å². The van der Waals surface area contributed by atoms with Crippen molar-refractivity contribution < 1.29 is 14.7 Å². The second-order valence-corrected chi connectivity index (χ2v) is 4.99. The first kappa shape index (κ1) is 13.4. The van der Waals surface area contributed by atoms with Gasteiger partial charge >= 0.3 is 5.97 Å². The third kappa shape index (κ3) is 2.09. The van der Waals surface area contributed by atoms with Gasteiger partial charge in [-0.15, -0.1) is 0 Å². The summed E-state index contributed by atoms with van der Waals surface area (Å²) in [6, 6.07) is 10.9. The zero-order chi connectivity index (χ0) is 15.0. The number of benzene rings is 1. The summed E-state index contributed by atoms with van der Waals surface area (Å²) in [5, 5.41) is 9.22. The molecule has 106 valence electrons. The zero-order valence-corrected chi connectivity index (χ0v) is 11.7. The van der Waals surface area contributed by atoms with Crippen molar-refractivity contribution in [3.05, 3.63) is 65.0 Å². The van der Waals surface area contributed by atoms with E-state index < -0.39 is 5.97 Å². The molecular formula is C17H15NO3. The maximum atomic E-state index is 12.7. The van der Waals surface area contributed by atoms with Crippen LogP contribution in [0.2, 0.25) is 0 Å². The van der Waals surface area contributed by atoms with E-state index >= 15 is 0 Å². The van der Waals surface area contributed by atoms with E-state index in [1.165, 1.54) is 0 Å². The molecule has 1 aromatic heterocycles. The molecule has 0 amide bonds. The number of nitrogens with zero attached hydrogens (tertiary/aromatic N) is 1. The predicted octanol–water partition coefficient (Wildman–Crippen LogP) is 2.76. The Hall–Kier alpha value is -2.62. The van der Waals surface area contributed by atoms with Gasteiger partial charge in [0.2, 0.25) is 5.78 Å². The molecule has 21 heavy (non-hydrogen) atoms. The highest BCUT2D eigenvalue weighted by Crippen LogP contribution is 2.30. The quantitative estimate of drug-likeness (QED) is 0.877. The van der Waals surface area contributed by atoms with Crippen molar-refractivity contribution in [3.63, 3.8) is 0 Å². The molecule has 0 bridgehead atoms. The lowest BCUT2D eigenvalue weighted by Gasteiger charge is -2.08. The Balaban J connectivity index is 2.11. The summed E-state index contributed by atoms with van der Waals surface area (Å²) >= 11 is 0. The van der Waals surface area contributed by atoms with Crippen LogP contribution >= 0.6 is 0 Å². The number of fused-ring (bicyclic) bond motifs is 1. The zero-order valence-electron chi connectivity index (χ0n) is 11.7. The third-order valence-electron chi connectivity index (χ3n) is 3.79. The van der Waals surface area contributed by atoms with Crippen molar-refractivity contribution in [3.8, 4) is 0 Å². The number of rotatable bonds is 4. The largest absolute Gasteiger partial charge is 0.478 e. The predicted molar refractivity (Wildman–Crippen MR) is 79.3 cm³/mol. The standard InChI is InChI=1S/C17H15NO3/c1-2-11-10-14-13(17(20)21)8-9-18(14)15(11)16(19)12-6-4-3-5-7-12/h3-8,10H,2,9H2,1H3,(H,20,21). The van der Waals surface area contributed by atoms with Crippen LogP contribution in [0.15, 0.2) is 42.5 Å². The molecule has 0 atom stereocenters. The highest BCUT2D eigenvalue weighted by Gasteiger charge is 2.27. The Morgan fingerprint density at radius 1 is 1.24 bits per heavy atom. The van der Waals surface area contributed by atoms with Gasteiger partial charge in [0.25, 0.3) is 0 Å². The number of ketones is 1. The van der Waals surface area contributed by atoms with Crippen LogP contribution in [0.3, 0.4) is 0 Å². The van der Waals surface area contributed by atoms with Crippen molar-refractivity contribution >= 4 is 17.3 Å². The average Bonchev–Trinajstić information content (AvgIpc) is 3.05. The molecule has 1 aromatic carbocycles. The molecule has 1 aliphatic heterocycles. The summed E-state index contributed by atoms with van der Waals surface area (Å²) in [4.78, 5) is 24.0. The van der Waals surface area contributed by atoms with E-state index in [2.05, 4.69) is 0 Å². The second kappa shape index (κ2) is 5.05. The fourth-order valence-corrected chi connectivity index (χ4v) is 2.77. The molecule has 0 radical (unpaired) electrons. The minimum absolute atomic E-state index is 0.0567. The van der Waals surface area contributed by atoms with Crippen LogP contribution in [-0.4, -0.2) is 21.4 Å². The molecule has 0 saturated carbocycles. The van der Waals surface area contributed by atoms with E-state index in [4.69, 9.17) is 0 Å². The lowest BCUT2D eigenvalue weighted by molar-refractivity contribution is -0.130. The molecule has 0 saturated heterocycles. The monoisotopic (exact) mass is 281 g/mol. The van der Waals surface area contributed by atoms with Crippen LogP contribution in [0.1, 0.15) is 34.2 Å². The van der Waals surface area contributed by atoms with Gasteiger partial charge in [0.15, 0.2) is 0 Å². The van der Waals surface area contributed by atoms with Crippen molar-refractivity contribution in [2.45, 2.75) is 19.9 Å². The van der Waals surface area contributed by atoms with Gasteiger partial charge in [-0.3, -0.25) is 4.79 Å². The van der Waals surface area contributed by atoms with E-state index in [0.29, 0.717) is 29.9 Å². The van der Waals surface area contributed by atoms with Crippen LogP contribution in [0.5, 0.6) is 0 Å². The number of carboxylic acid groups (broad SMARTS) is 1. The van der Waals surface area contributed by atoms with E-state index in [1.807, 2.05) is 31.2 Å². The molecule has 0 unspecified atom stereocenters. The number of aliphatic carboxylic acids is 1. The van der Waals surface area contributed by atoms with E-state index in [1.54, 1.807) is 22.8 Å². The first-order chi connectivity index (χ1) is 10.1. The highest BCUT2D eigenvalue weighted by atomic mass is 16.4. The molecular weight excluding hydrogens is 266 g/mol.